The van der Waals surface area contributed by atoms with Crippen molar-refractivity contribution in [1.82, 2.24) is 4.67 Å². The molecule has 5 heteroatoms. The Labute approximate surface area is 111 Å². The third kappa shape index (κ3) is 1.40. The Morgan fingerprint density at radius 3 is 2.56 bits per heavy atom. The molecule has 0 aromatic rings. The van der Waals surface area contributed by atoms with E-state index in [1.165, 1.54) is 11.1 Å². The van der Waals surface area contributed by atoms with Gasteiger partial charge in [-0.25, -0.2) is 0 Å². The van der Waals surface area contributed by atoms with Crippen LogP contribution in [0.1, 0.15) is 13.8 Å². The van der Waals surface area contributed by atoms with E-state index in [1.807, 2.05) is 25.9 Å². The summed E-state index contributed by atoms with van der Waals surface area (Å²) in [5.74, 6) is 2.52. The van der Waals surface area contributed by atoms with Gasteiger partial charge in [-0.2, -0.15) is 0 Å². The summed E-state index contributed by atoms with van der Waals surface area (Å²) in [6.45, 7) is 4.36. The van der Waals surface area contributed by atoms with Gasteiger partial charge in [0.1, 0.15) is 0 Å². The molecule has 0 radical (unpaired) electrons. The third-order valence-electron chi connectivity index (χ3n) is 4.70. The summed E-state index contributed by atoms with van der Waals surface area (Å²) in [5.41, 5.74) is 3.94. The molecule has 6 atom stereocenters. The highest BCUT2D eigenvalue weighted by Gasteiger charge is 2.63. The van der Waals surface area contributed by atoms with Crippen molar-refractivity contribution in [3.05, 3.63) is 23.0 Å². The highest BCUT2D eigenvalue weighted by atomic mass is 31.2. The Hall–Kier alpha value is 0.0600. The van der Waals surface area contributed by atoms with E-state index < -0.39 is 15.4 Å². The number of hydrogen-bond acceptors (Lipinski definition) is 2. The Kier molecular flexibility index (Phi) is 2.92. The van der Waals surface area contributed by atoms with Crippen LogP contribution in [0.2, 0.25) is 0 Å². The van der Waals surface area contributed by atoms with Crippen molar-refractivity contribution in [3.63, 3.8) is 0 Å². The molecule has 0 saturated carbocycles. The van der Waals surface area contributed by atoms with Crippen molar-refractivity contribution in [2.75, 3.05) is 21.2 Å². The highest BCUT2D eigenvalue weighted by Crippen LogP contribution is 2.79. The fourth-order valence-corrected chi connectivity index (χ4v) is 11.1. The van der Waals surface area contributed by atoms with Gasteiger partial charge in [-0.05, 0) is 33.8 Å². The molecule has 0 N–H and O–H groups in total. The summed E-state index contributed by atoms with van der Waals surface area (Å²) < 4.78 is 21.0. The number of rotatable bonds is 2. The molecule has 3 aliphatic heterocycles. The zero-order chi connectivity index (χ0) is 13.2. The van der Waals surface area contributed by atoms with Crippen LogP contribution in [0.4, 0.5) is 0 Å². The van der Waals surface area contributed by atoms with Crippen LogP contribution in [0.25, 0.3) is 0 Å². The SMILES string of the molecule is COP1[C@@H]2C(C)=C[C@H]1[C@@H]1[C@H]2C(C)=CP1(=O)N(C)C. The summed E-state index contributed by atoms with van der Waals surface area (Å²) in [6.07, 6.45) is 2.34. The van der Waals surface area contributed by atoms with E-state index in [9.17, 15) is 4.57 Å². The Morgan fingerprint density at radius 2 is 2.00 bits per heavy atom. The minimum Gasteiger partial charge on any atom is -0.361 e. The first-order valence-electron chi connectivity index (χ1n) is 6.39. The van der Waals surface area contributed by atoms with Crippen LogP contribution in [-0.4, -0.2) is 42.9 Å². The van der Waals surface area contributed by atoms with Gasteiger partial charge in [0.05, 0.1) is 0 Å². The van der Waals surface area contributed by atoms with Gasteiger partial charge in [0.2, 0.25) is 0 Å². The molecule has 3 rings (SSSR count). The first-order chi connectivity index (χ1) is 8.41. The average molecular weight is 285 g/mol. The molecule has 2 bridgehead atoms. The van der Waals surface area contributed by atoms with Crippen LogP contribution in [0.5, 0.6) is 0 Å². The van der Waals surface area contributed by atoms with Crippen LogP contribution >= 0.6 is 15.4 Å². The van der Waals surface area contributed by atoms with Gasteiger partial charge in [-0.3, -0.25) is 4.67 Å². The predicted octanol–water partition coefficient (Wildman–Crippen LogP) is 3.48. The van der Waals surface area contributed by atoms with E-state index in [0.717, 1.165) is 0 Å². The molecule has 1 saturated heterocycles. The smallest absolute Gasteiger partial charge is 0.175 e. The van der Waals surface area contributed by atoms with E-state index in [1.54, 1.807) is 0 Å². The molecular formula is C13H21NO2P2. The van der Waals surface area contributed by atoms with E-state index in [4.69, 9.17) is 4.52 Å². The fourth-order valence-electron chi connectivity index (χ4n) is 3.97. The van der Waals surface area contributed by atoms with Gasteiger partial charge in [0.15, 0.2) is 7.29 Å². The summed E-state index contributed by atoms with van der Waals surface area (Å²) in [5, 5.41) is 0. The summed E-state index contributed by atoms with van der Waals surface area (Å²) >= 11 is 0. The Morgan fingerprint density at radius 1 is 1.33 bits per heavy atom. The average Bonchev–Trinajstić information content (AvgIpc) is 2.86. The zero-order valence-electron chi connectivity index (χ0n) is 11.6. The number of nitrogens with zero attached hydrogens (tertiary/aromatic N) is 1. The van der Waals surface area contributed by atoms with Crippen molar-refractivity contribution < 1.29 is 9.09 Å². The largest absolute Gasteiger partial charge is 0.361 e. The van der Waals surface area contributed by atoms with E-state index in [-0.39, 0.29) is 5.66 Å². The van der Waals surface area contributed by atoms with Crippen molar-refractivity contribution >= 4 is 15.4 Å². The molecule has 3 heterocycles. The zero-order valence-corrected chi connectivity index (χ0v) is 13.4. The van der Waals surface area contributed by atoms with Crippen molar-refractivity contribution in [2.24, 2.45) is 5.92 Å². The molecule has 3 nitrogen and oxygen atoms in total. The van der Waals surface area contributed by atoms with Crippen LogP contribution in [-0.2, 0) is 9.09 Å². The number of allylic oxidation sites excluding steroid dienone is 3. The molecule has 2 unspecified atom stereocenters. The second-order valence-electron chi connectivity index (χ2n) is 5.80. The number of hydrogen-bond donors (Lipinski definition) is 0. The highest BCUT2D eigenvalue weighted by molar-refractivity contribution is 7.68. The Balaban J connectivity index is 2.10. The van der Waals surface area contributed by atoms with Crippen molar-refractivity contribution in [3.8, 4) is 0 Å². The minimum absolute atomic E-state index is 0.271. The third-order valence-corrected chi connectivity index (χ3v) is 11.2. The lowest BCUT2D eigenvalue weighted by atomic mass is 9.85. The fraction of sp³-hybridized carbons (Fsp3) is 0.692. The van der Waals surface area contributed by atoms with Crippen LogP contribution in [0.15, 0.2) is 23.0 Å². The minimum atomic E-state index is -2.36. The van der Waals surface area contributed by atoms with Crippen LogP contribution in [0.3, 0.4) is 0 Å². The maximum absolute atomic E-state index is 13.3. The van der Waals surface area contributed by atoms with Gasteiger partial charge >= 0.3 is 0 Å². The summed E-state index contributed by atoms with van der Waals surface area (Å²) in [6, 6.07) is 0. The summed E-state index contributed by atoms with van der Waals surface area (Å²) in [7, 11) is 2.89. The predicted molar refractivity (Wildman–Crippen MR) is 77.6 cm³/mol. The number of fused-ring (bicyclic) bond motifs is 5. The van der Waals surface area contributed by atoms with Gasteiger partial charge < -0.3 is 9.09 Å². The maximum atomic E-state index is 13.3. The van der Waals surface area contributed by atoms with Crippen molar-refractivity contribution in [2.45, 2.75) is 30.8 Å². The quantitative estimate of drug-likeness (QED) is 0.574. The van der Waals surface area contributed by atoms with Crippen molar-refractivity contribution in [1.29, 1.82) is 0 Å². The molecular weight excluding hydrogens is 264 g/mol. The molecule has 0 amide bonds. The lowest BCUT2D eigenvalue weighted by Crippen LogP contribution is -2.31. The lowest BCUT2D eigenvalue weighted by molar-refractivity contribution is 0.457. The first-order valence-corrected chi connectivity index (χ1v) is 9.58. The molecule has 0 aromatic heterocycles. The van der Waals surface area contributed by atoms with Gasteiger partial charge in [-0.15, -0.1) is 0 Å². The molecule has 100 valence electrons. The molecule has 0 aromatic carbocycles. The van der Waals surface area contributed by atoms with E-state index >= 15 is 0 Å². The molecule has 3 aliphatic rings. The van der Waals surface area contributed by atoms with Crippen LogP contribution in [0, 0.1) is 5.92 Å². The van der Waals surface area contributed by atoms with Crippen LogP contribution < -0.4 is 0 Å². The van der Waals surface area contributed by atoms with Gasteiger partial charge in [-0.1, -0.05) is 17.2 Å². The first kappa shape index (κ1) is 13.1. The second kappa shape index (κ2) is 4.03. The maximum Gasteiger partial charge on any atom is 0.175 e. The summed E-state index contributed by atoms with van der Waals surface area (Å²) in [4.78, 5) is 0. The standard InChI is InChI=1S/C13H21NO2P2/c1-8-6-10-13-11(12(8)17(10)16-5)9(2)7-18(13,15)14(3)4/h6-7,10-13H,1-5H3/t10-,11-,12+,13+,17?,18?/m0/s1. The van der Waals surface area contributed by atoms with Gasteiger partial charge in [0, 0.05) is 38.2 Å². The normalized spacial score (nSPS) is 49.6. The Bertz CT molecular complexity index is 497. The molecule has 1 fully saturated rings. The van der Waals surface area contributed by atoms with Gasteiger partial charge in [0.25, 0.3) is 0 Å². The topological polar surface area (TPSA) is 29.5 Å². The van der Waals surface area contributed by atoms with E-state index in [0.29, 0.717) is 17.2 Å². The molecule has 18 heavy (non-hydrogen) atoms. The molecule has 0 spiro atoms. The van der Waals surface area contributed by atoms with E-state index in [2.05, 4.69) is 25.7 Å². The molecule has 0 aliphatic carbocycles. The lowest BCUT2D eigenvalue weighted by Gasteiger charge is -2.31. The monoisotopic (exact) mass is 285 g/mol. The second-order valence-corrected chi connectivity index (χ2v) is 11.0.